The molecule has 2 aromatic carbocycles. The summed E-state index contributed by atoms with van der Waals surface area (Å²) in [6.07, 6.45) is 0. The number of hydrogen-bond donors (Lipinski definition) is 1. The molecule has 1 atom stereocenters. The second kappa shape index (κ2) is 5.37. The third kappa shape index (κ3) is 2.61. The van der Waals surface area contributed by atoms with Gasteiger partial charge in [-0.25, -0.2) is 4.39 Å². The fourth-order valence-corrected chi connectivity index (χ4v) is 2.82. The quantitative estimate of drug-likeness (QED) is 0.878. The van der Waals surface area contributed by atoms with Crippen LogP contribution in [0.4, 0.5) is 4.39 Å². The number of aryl methyl sites for hydroxylation is 2. The lowest BCUT2D eigenvalue weighted by Gasteiger charge is -2.34. The molecule has 0 aliphatic rings. The van der Waals surface area contributed by atoms with Gasteiger partial charge >= 0.3 is 0 Å². The van der Waals surface area contributed by atoms with Gasteiger partial charge in [0, 0.05) is 11.5 Å². The molecule has 0 radical (unpaired) electrons. The highest BCUT2D eigenvalue weighted by Gasteiger charge is 2.31. The Morgan fingerprint density at radius 2 is 1.50 bits per heavy atom. The molecular weight excluding hydrogens is 249 g/mol. The van der Waals surface area contributed by atoms with E-state index in [2.05, 4.69) is 26.0 Å². The first-order valence-corrected chi connectivity index (χ1v) is 6.92. The minimum atomic E-state index is -0.214. The van der Waals surface area contributed by atoms with Gasteiger partial charge in [-0.05, 0) is 48.2 Å². The zero-order chi connectivity index (χ0) is 14.9. The first-order chi connectivity index (χ1) is 9.34. The molecule has 0 saturated carbocycles. The zero-order valence-electron chi connectivity index (χ0n) is 12.6. The van der Waals surface area contributed by atoms with Crippen LogP contribution in [0.25, 0.3) is 0 Å². The van der Waals surface area contributed by atoms with Gasteiger partial charge in [0.15, 0.2) is 0 Å². The maximum Gasteiger partial charge on any atom is 0.123 e. The van der Waals surface area contributed by atoms with Crippen molar-refractivity contribution < 1.29 is 4.39 Å². The van der Waals surface area contributed by atoms with E-state index in [0.29, 0.717) is 0 Å². The second-order valence-corrected chi connectivity index (χ2v) is 6.02. The maximum absolute atomic E-state index is 13.5. The van der Waals surface area contributed by atoms with Gasteiger partial charge in [-0.3, -0.25) is 0 Å². The highest BCUT2D eigenvalue weighted by atomic mass is 19.1. The molecule has 1 nitrogen and oxygen atoms in total. The van der Waals surface area contributed by atoms with Crippen LogP contribution < -0.4 is 5.73 Å². The van der Waals surface area contributed by atoms with Crippen LogP contribution in [0.15, 0.2) is 42.5 Å². The standard InChI is InChI=1S/C18H22FN/c1-12-10-15(19)11-13(2)16(12)17(20)18(3,4)14-8-6-5-7-9-14/h5-11,17H,20H2,1-4H3. The Balaban J connectivity index is 2.48. The Morgan fingerprint density at radius 1 is 1.00 bits per heavy atom. The van der Waals surface area contributed by atoms with Gasteiger partial charge in [0.2, 0.25) is 0 Å². The van der Waals surface area contributed by atoms with E-state index in [-0.39, 0.29) is 17.3 Å². The van der Waals surface area contributed by atoms with Crippen LogP contribution in [-0.2, 0) is 5.41 Å². The van der Waals surface area contributed by atoms with Gasteiger partial charge in [-0.2, -0.15) is 0 Å². The Bertz CT molecular complexity index is 579. The van der Waals surface area contributed by atoms with E-state index in [0.717, 1.165) is 16.7 Å². The van der Waals surface area contributed by atoms with Crippen molar-refractivity contribution in [1.29, 1.82) is 0 Å². The molecule has 0 heterocycles. The van der Waals surface area contributed by atoms with Crippen molar-refractivity contribution in [2.75, 3.05) is 0 Å². The summed E-state index contributed by atoms with van der Waals surface area (Å²) in [6.45, 7) is 8.11. The molecule has 0 spiro atoms. The summed E-state index contributed by atoms with van der Waals surface area (Å²) in [5.74, 6) is -0.200. The second-order valence-electron chi connectivity index (χ2n) is 6.02. The van der Waals surface area contributed by atoms with E-state index in [9.17, 15) is 4.39 Å². The number of rotatable bonds is 3. The monoisotopic (exact) mass is 271 g/mol. The van der Waals surface area contributed by atoms with Crippen molar-refractivity contribution in [3.05, 3.63) is 70.5 Å². The lowest BCUT2D eigenvalue weighted by atomic mass is 9.73. The number of hydrogen-bond acceptors (Lipinski definition) is 1. The summed E-state index contributed by atoms with van der Waals surface area (Å²) in [4.78, 5) is 0. The summed E-state index contributed by atoms with van der Waals surface area (Å²) < 4.78 is 13.5. The van der Waals surface area contributed by atoms with Crippen molar-refractivity contribution in [3.63, 3.8) is 0 Å². The highest BCUT2D eigenvalue weighted by molar-refractivity contribution is 5.41. The SMILES string of the molecule is Cc1cc(F)cc(C)c1C(N)C(C)(C)c1ccccc1. The average Bonchev–Trinajstić information content (AvgIpc) is 2.38. The topological polar surface area (TPSA) is 26.0 Å². The first-order valence-electron chi connectivity index (χ1n) is 6.92. The smallest absolute Gasteiger partial charge is 0.123 e. The minimum absolute atomic E-state index is 0.175. The molecular formula is C18H22FN. The van der Waals surface area contributed by atoms with Gasteiger partial charge in [-0.1, -0.05) is 44.2 Å². The first kappa shape index (κ1) is 14.7. The van der Waals surface area contributed by atoms with Crippen molar-refractivity contribution >= 4 is 0 Å². The molecule has 1 unspecified atom stereocenters. The molecule has 2 aromatic rings. The fraction of sp³-hybridized carbons (Fsp3) is 0.333. The molecule has 2 rings (SSSR count). The third-order valence-corrected chi connectivity index (χ3v) is 4.16. The van der Waals surface area contributed by atoms with Gasteiger partial charge < -0.3 is 5.73 Å². The number of nitrogens with two attached hydrogens (primary N) is 1. The van der Waals surface area contributed by atoms with Crippen LogP contribution in [0.1, 0.15) is 42.1 Å². The molecule has 2 heteroatoms. The average molecular weight is 271 g/mol. The van der Waals surface area contributed by atoms with Crippen LogP contribution in [0.2, 0.25) is 0 Å². The Hall–Kier alpha value is -1.67. The Morgan fingerprint density at radius 3 is 2.00 bits per heavy atom. The molecule has 106 valence electrons. The molecule has 0 aliphatic heterocycles. The molecule has 0 bridgehead atoms. The lowest BCUT2D eigenvalue weighted by molar-refractivity contribution is 0.417. The Labute approximate surface area is 120 Å². The molecule has 20 heavy (non-hydrogen) atoms. The van der Waals surface area contributed by atoms with Crippen LogP contribution >= 0.6 is 0 Å². The van der Waals surface area contributed by atoms with E-state index in [4.69, 9.17) is 5.73 Å². The van der Waals surface area contributed by atoms with E-state index in [1.807, 2.05) is 32.0 Å². The van der Waals surface area contributed by atoms with Crippen LogP contribution in [0.5, 0.6) is 0 Å². The summed E-state index contributed by atoms with van der Waals surface area (Å²) in [5.41, 5.74) is 10.4. The summed E-state index contributed by atoms with van der Waals surface area (Å²) in [6, 6.07) is 13.2. The molecule has 0 aliphatic carbocycles. The van der Waals surface area contributed by atoms with Crippen molar-refractivity contribution in [2.45, 2.75) is 39.2 Å². The van der Waals surface area contributed by atoms with Crippen molar-refractivity contribution in [3.8, 4) is 0 Å². The van der Waals surface area contributed by atoms with Crippen molar-refractivity contribution in [1.82, 2.24) is 0 Å². The predicted octanol–water partition coefficient (Wildman–Crippen LogP) is 4.42. The molecule has 2 N–H and O–H groups in total. The molecule has 0 amide bonds. The molecule has 0 fully saturated rings. The third-order valence-electron chi connectivity index (χ3n) is 4.16. The largest absolute Gasteiger partial charge is 0.323 e. The van der Waals surface area contributed by atoms with Gasteiger partial charge in [0.25, 0.3) is 0 Å². The summed E-state index contributed by atoms with van der Waals surface area (Å²) in [5, 5.41) is 0. The normalized spacial score (nSPS) is 13.3. The van der Waals surface area contributed by atoms with Gasteiger partial charge in [0.05, 0.1) is 0 Å². The molecule has 0 aromatic heterocycles. The number of halogens is 1. The summed E-state index contributed by atoms with van der Waals surface area (Å²) in [7, 11) is 0. The van der Waals surface area contributed by atoms with E-state index in [1.165, 1.54) is 5.56 Å². The predicted molar refractivity (Wildman–Crippen MR) is 82.3 cm³/mol. The fourth-order valence-electron chi connectivity index (χ4n) is 2.82. The van der Waals surface area contributed by atoms with Crippen LogP contribution in [0.3, 0.4) is 0 Å². The van der Waals surface area contributed by atoms with Gasteiger partial charge in [-0.15, -0.1) is 0 Å². The van der Waals surface area contributed by atoms with Crippen molar-refractivity contribution in [2.24, 2.45) is 5.73 Å². The van der Waals surface area contributed by atoms with Gasteiger partial charge in [0.1, 0.15) is 5.82 Å². The van der Waals surface area contributed by atoms with Crippen LogP contribution in [-0.4, -0.2) is 0 Å². The summed E-state index contributed by atoms with van der Waals surface area (Å²) >= 11 is 0. The minimum Gasteiger partial charge on any atom is -0.323 e. The highest BCUT2D eigenvalue weighted by Crippen LogP contribution is 2.37. The Kier molecular flexibility index (Phi) is 3.96. The maximum atomic E-state index is 13.5. The number of benzene rings is 2. The van der Waals surface area contributed by atoms with Crippen LogP contribution in [0, 0.1) is 19.7 Å². The van der Waals surface area contributed by atoms with E-state index < -0.39 is 0 Å². The van der Waals surface area contributed by atoms with E-state index >= 15 is 0 Å². The zero-order valence-corrected chi connectivity index (χ0v) is 12.6. The molecule has 0 saturated heterocycles. The van der Waals surface area contributed by atoms with E-state index in [1.54, 1.807) is 12.1 Å². The lowest BCUT2D eigenvalue weighted by Crippen LogP contribution is -2.34.